The highest BCUT2D eigenvalue weighted by atomic mass is 16.4. The van der Waals surface area contributed by atoms with Gasteiger partial charge < -0.3 is 5.11 Å². The molecule has 110 valence electrons. The van der Waals surface area contributed by atoms with E-state index in [0.717, 1.165) is 17.5 Å². The fourth-order valence-electron chi connectivity index (χ4n) is 2.62. The smallest absolute Gasteiger partial charge is 0.336 e. The normalized spacial score (nSPS) is 12.3. The van der Waals surface area contributed by atoms with Crippen molar-refractivity contribution in [3.05, 3.63) is 65.5 Å². The molecule has 0 bridgehead atoms. The van der Waals surface area contributed by atoms with Gasteiger partial charge in [0, 0.05) is 25.0 Å². The van der Waals surface area contributed by atoms with E-state index in [0.29, 0.717) is 12.1 Å². The lowest BCUT2D eigenvalue weighted by Gasteiger charge is -2.27. The number of carboxylic acid groups (broad SMARTS) is 1. The quantitative estimate of drug-likeness (QED) is 0.883. The van der Waals surface area contributed by atoms with Gasteiger partial charge in [-0.25, -0.2) is 4.79 Å². The van der Waals surface area contributed by atoms with Crippen molar-refractivity contribution >= 4 is 5.97 Å². The van der Waals surface area contributed by atoms with E-state index in [1.165, 1.54) is 0 Å². The van der Waals surface area contributed by atoms with Crippen molar-refractivity contribution in [3.8, 4) is 0 Å². The summed E-state index contributed by atoms with van der Waals surface area (Å²) in [5, 5.41) is 9.26. The van der Waals surface area contributed by atoms with Crippen LogP contribution in [0.3, 0.4) is 0 Å². The van der Waals surface area contributed by atoms with Gasteiger partial charge in [-0.05, 0) is 36.7 Å². The van der Waals surface area contributed by atoms with E-state index in [-0.39, 0.29) is 6.04 Å². The molecule has 4 nitrogen and oxygen atoms in total. The van der Waals surface area contributed by atoms with Crippen LogP contribution in [0.4, 0.5) is 0 Å². The maximum Gasteiger partial charge on any atom is 0.336 e. The molecule has 0 fully saturated rings. The van der Waals surface area contributed by atoms with Crippen LogP contribution < -0.4 is 0 Å². The van der Waals surface area contributed by atoms with E-state index in [1.54, 1.807) is 18.3 Å². The Balaban J connectivity index is 2.21. The van der Waals surface area contributed by atoms with Crippen LogP contribution in [0, 0.1) is 0 Å². The van der Waals surface area contributed by atoms with Crippen LogP contribution in [-0.2, 0) is 6.54 Å². The minimum absolute atomic E-state index is 0.223. The van der Waals surface area contributed by atoms with Crippen molar-refractivity contribution in [1.82, 2.24) is 9.88 Å². The lowest BCUT2D eigenvalue weighted by atomic mass is 10.0. The summed E-state index contributed by atoms with van der Waals surface area (Å²) in [5.74, 6) is -0.881. The third-order valence-electron chi connectivity index (χ3n) is 3.66. The predicted molar refractivity (Wildman–Crippen MR) is 82.1 cm³/mol. The first-order valence-corrected chi connectivity index (χ1v) is 7.04. The van der Waals surface area contributed by atoms with Crippen molar-refractivity contribution < 1.29 is 9.90 Å². The number of carboxylic acids is 1. The maximum atomic E-state index is 11.3. The van der Waals surface area contributed by atoms with Gasteiger partial charge in [-0.1, -0.05) is 31.2 Å². The van der Waals surface area contributed by atoms with Gasteiger partial charge in [0.2, 0.25) is 0 Å². The van der Waals surface area contributed by atoms with Crippen LogP contribution in [0.15, 0.2) is 48.8 Å². The topological polar surface area (TPSA) is 53.4 Å². The van der Waals surface area contributed by atoms with E-state index in [9.17, 15) is 9.90 Å². The first kappa shape index (κ1) is 15.2. The third kappa shape index (κ3) is 3.67. The van der Waals surface area contributed by atoms with Crippen LogP contribution in [0.25, 0.3) is 0 Å². The molecule has 0 radical (unpaired) electrons. The SMILES string of the molecule is CC[C@H](c1cccnc1)N(C)Cc1ccccc1C(=O)O. The third-order valence-corrected chi connectivity index (χ3v) is 3.66. The number of aromatic carboxylic acids is 1. The first-order chi connectivity index (χ1) is 10.1. The Labute approximate surface area is 125 Å². The van der Waals surface area contributed by atoms with Crippen molar-refractivity contribution in [2.75, 3.05) is 7.05 Å². The zero-order valence-corrected chi connectivity index (χ0v) is 12.4. The van der Waals surface area contributed by atoms with Crippen LogP contribution >= 0.6 is 0 Å². The number of hydrogen-bond donors (Lipinski definition) is 1. The summed E-state index contributed by atoms with van der Waals surface area (Å²) in [4.78, 5) is 17.6. The minimum Gasteiger partial charge on any atom is -0.478 e. The Hall–Kier alpha value is -2.20. The summed E-state index contributed by atoms with van der Waals surface area (Å²) >= 11 is 0. The molecule has 0 aliphatic carbocycles. The van der Waals surface area contributed by atoms with Crippen molar-refractivity contribution in [1.29, 1.82) is 0 Å². The summed E-state index contributed by atoms with van der Waals surface area (Å²) in [6, 6.07) is 11.4. The van der Waals surface area contributed by atoms with E-state index in [2.05, 4.69) is 22.9 Å². The largest absolute Gasteiger partial charge is 0.478 e. The second kappa shape index (κ2) is 6.99. The molecule has 0 saturated heterocycles. The zero-order valence-electron chi connectivity index (χ0n) is 12.4. The molecule has 0 amide bonds. The maximum absolute atomic E-state index is 11.3. The van der Waals surface area contributed by atoms with Gasteiger partial charge in [0.15, 0.2) is 0 Å². The molecular formula is C17H20N2O2. The molecule has 21 heavy (non-hydrogen) atoms. The number of pyridine rings is 1. The molecule has 4 heteroatoms. The van der Waals surface area contributed by atoms with Crippen LogP contribution in [0.2, 0.25) is 0 Å². The Bertz CT molecular complexity index is 599. The zero-order chi connectivity index (χ0) is 15.2. The highest BCUT2D eigenvalue weighted by Crippen LogP contribution is 2.24. The molecule has 0 spiro atoms. The summed E-state index contributed by atoms with van der Waals surface area (Å²) in [7, 11) is 2.01. The van der Waals surface area contributed by atoms with Crippen molar-refractivity contribution in [2.24, 2.45) is 0 Å². The van der Waals surface area contributed by atoms with E-state index in [1.807, 2.05) is 31.4 Å². The standard InChI is InChI=1S/C17H20N2O2/c1-3-16(13-8-6-10-18-11-13)19(2)12-14-7-4-5-9-15(14)17(20)21/h4-11,16H,3,12H2,1-2H3,(H,20,21)/t16-/m1/s1. The predicted octanol–water partition coefficient (Wildman–Crippen LogP) is 3.36. The molecule has 1 heterocycles. The lowest BCUT2D eigenvalue weighted by molar-refractivity contribution is 0.0694. The molecular weight excluding hydrogens is 264 g/mol. The lowest BCUT2D eigenvalue weighted by Crippen LogP contribution is -2.24. The van der Waals surface area contributed by atoms with E-state index in [4.69, 9.17) is 0 Å². The highest BCUT2D eigenvalue weighted by Gasteiger charge is 2.18. The molecule has 0 saturated carbocycles. The molecule has 2 aromatic rings. The number of rotatable bonds is 6. The molecule has 0 aliphatic rings. The number of hydrogen-bond acceptors (Lipinski definition) is 3. The summed E-state index contributed by atoms with van der Waals surface area (Å²) in [6.45, 7) is 2.72. The first-order valence-electron chi connectivity index (χ1n) is 7.04. The fourth-order valence-corrected chi connectivity index (χ4v) is 2.62. The van der Waals surface area contributed by atoms with Crippen LogP contribution in [0.1, 0.15) is 40.9 Å². The van der Waals surface area contributed by atoms with Gasteiger partial charge in [-0.3, -0.25) is 9.88 Å². The Morgan fingerprint density at radius 1 is 1.29 bits per heavy atom. The number of benzene rings is 1. The van der Waals surface area contributed by atoms with Crippen molar-refractivity contribution in [3.63, 3.8) is 0 Å². The second-order valence-electron chi connectivity index (χ2n) is 5.09. The number of nitrogens with zero attached hydrogens (tertiary/aromatic N) is 2. The average Bonchev–Trinajstić information content (AvgIpc) is 2.49. The number of carbonyl (C=O) groups is 1. The van der Waals surface area contributed by atoms with Crippen molar-refractivity contribution in [2.45, 2.75) is 25.9 Å². The van der Waals surface area contributed by atoms with Gasteiger partial charge >= 0.3 is 5.97 Å². The molecule has 1 aromatic carbocycles. The average molecular weight is 284 g/mol. The fraction of sp³-hybridized carbons (Fsp3) is 0.294. The highest BCUT2D eigenvalue weighted by molar-refractivity contribution is 5.89. The second-order valence-corrected chi connectivity index (χ2v) is 5.09. The van der Waals surface area contributed by atoms with Gasteiger partial charge in [0.1, 0.15) is 0 Å². The molecule has 0 unspecified atom stereocenters. The molecule has 0 aliphatic heterocycles. The molecule has 1 N–H and O–H groups in total. The van der Waals surface area contributed by atoms with E-state index >= 15 is 0 Å². The Morgan fingerprint density at radius 2 is 2.05 bits per heavy atom. The minimum atomic E-state index is -0.881. The van der Waals surface area contributed by atoms with E-state index < -0.39 is 5.97 Å². The van der Waals surface area contributed by atoms with Gasteiger partial charge in [-0.15, -0.1) is 0 Å². The summed E-state index contributed by atoms with van der Waals surface area (Å²) in [5.41, 5.74) is 2.34. The van der Waals surface area contributed by atoms with Gasteiger partial charge in [-0.2, -0.15) is 0 Å². The van der Waals surface area contributed by atoms with Crippen LogP contribution in [0.5, 0.6) is 0 Å². The molecule has 1 aromatic heterocycles. The summed E-state index contributed by atoms with van der Waals surface area (Å²) < 4.78 is 0. The summed E-state index contributed by atoms with van der Waals surface area (Å²) in [6.07, 6.45) is 4.57. The Morgan fingerprint density at radius 3 is 2.67 bits per heavy atom. The molecule has 1 atom stereocenters. The Kier molecular flexibility index (Phi) is 5.06. The number of aromatic nitrogens is 1. The van der Waals surface area contributed by atoms with Gasteiger partial charge in [0.25, 0.3) is 0 Å². The molecule has 2 rings (SSSR count). The van der Waals surface area contributed by atoms with Gasteiger partial charge in [0.05, 0.1) is 5.56 Å². The monoisotopic (exact) mass is 284 g/mol. The van der Waals surface area contributed by atoms with Crippen LogP contribution in [-0.4, -0.2) is 28.0 Å².